The number of carbonyl (C=O) groups excluding carboxylic acids is 1. The topological polar surface area (TPSA) is 105 Å². The molecular weight excluding hydrogens is 410 g/mol. The maximum Gasteiger partial charge on any atom is 0.407 e. The summed E-state index contributed by atoms with van der Waals surface area (Å²) in [5.74, 6) is 1.21. The van der Waals surface area contributed by atoms with Crippen molar-refractivity contribution in [3.05, 3.63) is 46.8 Å². The first-order valence-electron chi connectivity index (χ1n) is 9.98. The molecule has 0 bridgehead atoms. The number of carbonyl (C=O) groups is 2. The van der Waals surface area contributed by atoms with Gasteiger partial charge in [-0.3, -0.25) is 4.79 Å². The third kappa shape index (κ3) is 3.96. The number of nitrogens with zero attached hydrogens (tertiary/aromatic N) is 2. The second kappa shape index (κ2) is 8.18. The van der Waals surface area contributed by atoms with E-state index in [1.165, 1.54) is 4.90 Å². The van der Waals surface area contributed by atoms with Crippen molar-refractivity contribution in [2.45, 2.75) is 31.8 Å². The van der Waals surface area contributed by atoms with Gasteiger partial charge in [0.25, 0.3) is 5.91 Å². The fraction of sp³-hybridized carbons (Fsp3) is 0.476. The van der Waals surface area contributed by atoms with Crippen LogP contribution in [0.15, 0.2) is 34.9 Å². The van der Waals surface area contributed by atoms with E-state index in [9.17, 15) is 14.7 Å². The highest BCUT2D eigenvalue weighted by molar-refractivity contribution is 6.30. The van der Waals surface area contributed by atoms with Crippen molar-refractivity contribution in [2.24, 2.45) is 11.3 Å². The second-order valence-corrected chi connectivity index (χ2v) is 8.45. The van der Waals surface area contributed by atoms with E-state index in [1.54, 1.807) is 25.2 Å². The number of hydrogen-bond donors (Lipinski definition) is 2. The highest BCUT2D eigenvalue weighted by Crippen LogP contribution is 2.56. The van der Waals surface area contributed by atoms with E-state index >= 15 is 0 Å². The van der Waals surface area contributed by atoms with Crippen molar-refractivity contribution in [1.29, 1.82) is 0 Å². The van der Waals surface area contributed by atoms with Crippen LogP contribution in [0.25, 0.3) is 0 Å². The van der Waals surface area contributed by atoms with Crippen LogP contribution in [0.4, 0.5) is 4.79 Å². The normalized spacial score (nSPS) is 22.4. The molecule has 1 aliphatic carbocycles. The molecule has 2 aromatic rings. The summed E-state index contributed by atoms with van der Waals surface area (Å²) in [6.07, 6.45) is 2.08. The molecular formula is C21H24ClN3O5. The van der Waals surface area contributed by atoms with Crippen LogP contribution in [0, 0.1) is 11.3 Å². The van der Waals surface area contributed by atoms with E-state index in [1.807, 2.05) is 12.1 Å². The molecule has 8 nitrogen and oxygen atoms in total. The van der Waals surface area contributed by atoms with Crippen LogP contribution in [0.5, 0.6) is 5.75 Å². The number of hydrogen-bond acceptors (Lipinski definition) is 5. The fourth-order valence-corrected chi connectivity index (χ4v) is 4.79. The van der Waals surface area contributed by atoms with Crippen LogP contribution < -0.4 is 10.1 Å². The van der Waals surface area contributed by atoms with Crippen molar-refractivity contribution >= 4 is 23.6 Å². The molecule has 160 valence electrons. The van der Waals surface area contributed by atoms with Gasteiger partial charge < -0.3 is 24.6 Å². The zero-order chi connectivity index (χ0) is 21.3. The fourth-order valence-electron chi connectivity index (χ4n) is 4.67. The van der Waals surface area contributed by atoms with Crippen molar-refractivity contribution < 1.29 is 24.0 Å². The Morgan fingerprint density at radius 2 is 2.03 bits per heavy atom. The van der Waals surface area contributed by atoms with Crippen molar-refractivity contribution in [1.82, 2.24) is 15.4 Å². The monoisotopic (exact) mass is 433 g/mol. The van der Waals surface area contributed by atoms with Crippen LogP contribution in [-0.2, 0) is 6.42 Å². The average molecular weight is 434 g/mol. The summed E-state index contributed by atoms with van der Waals surface area (Å²) in [4.78, 5) is 24.6. The lowest BCUT2D eigenvalue weighted by molar-refractivity contribution is -0.122. The summed E-state index contributed by atoms with van der Waals surface area (Å²) in [5.41, 5.74) is 0.236. The van der Waals surface area contributed by atoms with E-state index in [0.29, 0.717) is 30.3 Å². The molecule has 4 rings (SSSR count). The number of ether oxygens (including phenoxy) is 1. The molecule has 1 saturated heterocycles. The molecule has 1 aromatic carbocycles. The van der Waals surface area contributed by atoms with E-state index in [-0.39, 0.29) is 29.0 Å². The average Bonchev–Trinajstić information content (AvgIpc) is 3.22. The molecule has 30 heavy (non-hydrogen) atoms. The molecule has 2 aliphatic rings. The maximum atomic E-state index is 11.8. The van der Waals surface area contributed by atoms with Gasteiger partial charge in [0.1, 0.15) is 17.6 Å². The van der Waals surface area contributed by atoms with Gasteiger partial charge in [0, 0.05) is 43.6 Å². The van der Waals surface area contributed by atoms with Gasteiger partial charge in [-0.15, -0.1) is 0 Å². The Labute approximate surface area is 179 Å². The Morgan fingerprint density at radius 1 is 1.33 bits per heavy atom. The number of carboxylic acid groups (broad SMARTS) is 1. The van der Waals surface area contributed by atoms with Crippen LogP contribution in [-0.4, -0.2) is 53.4 Å². The maximum absolute atomic E-state index is 11.8. The highest BCUT2D eigenvalue weighted by atomic mass is 35.5. The zero-order valence-corrected chi connectivity index (χ0v) is 17.4. The number of piperidine rings is 1. The summed E-state index contributed by atoms with van der Waals surface area (Å²) in [5, 5.41) is 16.3. The molecule has 1 spiro atoms. The molecule has 2 heterocycles. The van der Waals surface area contributed by atoms with Gasteiger partial charge in [-0.25, -0.2) is 4.79 Å². The van der Waals surface area contributed by atoms with Gasteiger partial charge in [0.05, 0.1) is 0 Å². The summed E-state index contributed by atoms with van der Waals surface area (Å²) in [6.45, 7) is 1.03. The molecule has 1 aliphatic heterocycles. The lowest BCUT2D eigenvalue weighted by Gasteiger charge is -2.57. The Morgan fingerprint density at radius 3 is 2.67 bits per heavy atom. The quantitative estimate of drug-likeness (QED) is 0.748. The first kappa shape index (κ1) is 20.5. The van der Waals surface area contributed by atoms with Crippen molar-refractivity contribution in [3.63, 3.8) is 0 Å². The number of nitrogens with one attached hydrogen (secondary N) is 1. The molecule has 2 atom stereocenters. The van der Waals surface area contributed by atoms with Crippen LogP contribution in [0.2, 0.25) is 5.02 Å². The minimum absolute atomic E-state index is 0.0109. The second-order valence-electron chi connectivity index (χ2n) is 8.01. The van der Waals surface area contributed by atoms with Crippen molar-refractivity contribution in [3.8, 4) is 5.75 Å². The lowest BCUT2D eigenvalue weighted by Crippen LogP contribution is -2.59. The minimum atomic E-state index is -0.875. The first-order valence-corrected chi connectivity index (χ1v) is 10.4. The van der Waals surface area contributed by atoms with E-state index in [0.717, 1.165) is 25.0 Å². The summed E-state index contributed by atoms with van der Waals surface area (Å²) >= 11 is 5.97. The Hall–Kier alpha value is -2.74. The van der Waals surface area contributed by atoms with Gasteiger partial charge in [-0.2, -0.15) is 0 Å². The van der Waals surface area contributed by atoms with Crippen molar-refractivity contribution in [2.75, 3.05) is 20.1 Å². The molecule has 2 amide bonds. The Bertz CT molecular complexity index is 921. The third-order valence-electron chi connectivity index (χ3n) is 6.41. The van der Waals surface area contributed by atoms with Crippen LogP contribution >= 0.6 is 11.6 Å². The number of likely N-dealkylation sites (tertiary alicyclic amines) is 1. The Kier molecular flexibility index (Phi) is 5.60. The molecule has 2 N–H and O–H groups in total. The summed E-state index contributed by atoms with van der Waals surface area (Å²) in [6, 6.07) is 8.93. The predicted molar refractivity (Wildman–Crippen MR) is 109 cm³/mol. The predicted octanol–water partition coefficient (Wildman–Crippen LogP) is 3.46. The number of amides is 2. The number of halogens is 1. The largest absolute Gasteiger partial charge is 0.490 e. The molecule has 0 radical (unpaired) electrons. The lowest BCUT2D eigenvalue weighted by atomic mass is 9.52. The molecule has 2 unspecified atom stereocenters. The van der Waals surface area contributed by atoms with Gasteiger partial charge in [0.2, 0.25) is 0 Å². The van der Waals surface area contributed by atoms with E-state index < -0.39 is 6.09 Å². The van der Waals surface area contributed by atoms with Gasteiger partial charge in [-0.1, -0.05) is 16.8 Å². The number of benzene rings is 1. The van der Waals surface area contributed by atoms with E-state index in [4.69, 9.17) is 20.9 Å². The molecule has 1 saturated carbocycles. The van der Waals surface area contributed by atoms with Gasteiger partial charge in [0.15, 0.2) is 5.69 Å². The summed E-state index contributed by atoms with van der Waals surface area (Å²) < 4.78 is 11.7. The third-order valence-corrected chi connectivity index (χ3v) is 6.67. The van der Waals surface area contributed by atoms with Gasteiger partial charge >= 0.3 is 6.09 Å². The number of aromatic nitrogens is 1. The highest BCUT2D eigenvalue weighted by Gasteiger charge is 2.56. The standard InChI is InChI=1S/C21H24ClN3O5/c1-23-19(26)17-11-15(30-24-17)10-16-18(29-14-4-2-13(22)3-5-14)12-21(16)6-8-25(9-7-21)20(27)28/h2-5,11,16,18H,6-10,12H2,1H3,(H,23,26)(H,27,28). The minimum Gasteiger partial charge on any atom is -0.490 e. The van der Waals surface area contributed by atoms with Crippen LogP contribution in [0.1, 0.15) is 35.5 Å². The SMILES string of the molecule is CNC(=O)c1cc(CC2C(Oc3ccc(Cl)cc3)CC23CCN(C(=O)O)CC3)on1. The zero-order valence-electron chi connectivity index (χ0n) is 16.6. The number of rotatable bonds is 5. The summed E-state index contributed by atoms with van der Waals surface area (Å²) in [7, 11) is 1.55. The molecule has 1 aromatic heterocycles. The smallest absolute Gasteiger partial charge is 0.407 e. The van der Waals surface area contributed by atoms with Gasteiger partial charge in [-0.05, 0) is 48.9 Å². The molecule has 9 heteroatoms. The molecule has 2 fully saturated rings. The van der Waals surface area contributed by atoms with Crippen LogP contribution in [0.3, 0.4) is 0 Å². The Balaban J connectivity index is 1.51. The first-order chi connectivity index (χ1) is 14.4. The van der Waals surface area contributed by atoms with E-state index in [2.05, 4.69) is 10.5 Å².